The minimum atomic E-state index is -6.60. The molecule has 1 rings (SSSR count). The first-order chi connectivity index (χ1) is 20.6. The highest BCUT2D eigenvalue weighted by atomic mass is 32.3. The summed E-state index contributed by atoms with van der Waals surface area (Å²) in [5.41, 5.74) is 0. The Morgan fingerprint density at radius 1 is 0.551 bits per heavy atom. The zero-order valence-corrected chi connectivity index (χ0v) is 33.3. The van der Waals surface area contributed by atoms with E-state index in [0.717, 1.165) is 4.13 Å². The van der Waals surface area contributed by atoms with Gasteiger partial charge in [0.25, 0.3) is 0 Å². The van der Waals surface area contributed by atoms with Crippen LogP contribution in [0.3, 0.4) is 0 Å². The van der Waals surface area contributed by atoms with Crippen molar-refractivity contribution in [1.29, 1.82) is 0 Å². The van der Waals surface area contributed by atoms with Gasteiger partial charge in [0.05, 0.1) is 59.7 Å². The highest BCUT2D eigenvalue weighted by Crippen LogP contribution is 2.57. The molecule has 1 heterocycles. The number of nitrogens with zero attached hydrogens (tertiary/aromatic N) is 2. The maximum Gasteiger partial charge on any atom is 0.399 e. The van der Waals surface area contributed by atoms with Crippen molar-refractivity contribution in [3.8, 4) is 0 Å². The zero-order valence-electron chi connectivity index (χ0n) is 26.8. The van der Waals surface area contributed by atoms with Crippen molar-refractivity contribution in [2.75, 3.05) is 37.5 Å². The van der Waals surface area contributed by atoms with Crippen molar-refractivity contribution in [2.24, 2.45) is 0 Å². The Bertz CT molecular complexity index is 1800. The lowest BCUT2D eigenvalue weighted by molar-refractivity contribution is -0.244. The van der Waals surface area contributed by atoms with E-state index in [0.29, 0.717) is 37.5 Å². The van der Waals surface area contributed by atoms with E-state index in [4.69, 9.17) is 13.0 Å². The van der Waals surface area contributed by atoms with Crippen molar-refractivity contribution < 1.29 is 98.2 Å². The SMILES string of the molecule is CCC.CCC.CS(=O)(=O)[C-](S(C)(=O)=O)S(C)(=O)=O.CS(=O)(=O)[N-]S(C)(=O)=O.CS(=O)(=O)[O-].O=S1(=O)[N-]S(=O)(=O)C(F)(F)C(F)(F)C1(F)F. The van der Waals surface area contributed by atoms with Crippen LogP contribution in [0.15, 0.2) is 0 Å². The number of hydrogen-bond acceptors (Lipinski definition) is 17. The number of sulfone groups is 3. The summed E-state index contributed by atoms with van der Waals surface area (Å²) in [6.07, 6.45) is 6.13. The number of sulfonamides is 4. The Kier molecular flexibility index (Phi) is 22.5. The van der Waals surface area contributed by atoms with Crippen LogP contribution in [0.2, 0.25) is 0 Å². The van der Waals surface area contributed by atoms with E-state index < -0.39 is 100 Å². The normalized spacial score (nSPS) is 19.1. The van der Waals surface area contributed by atoms with Gasteiger partial charge in [-0.3, -0.25) is 25.3 Å². The van der Waals surface area contributed by atoms with Crippen LogP contribution in [0.25, 0.3) is 8.25 Å². The molecule has 0 atom stereocenters. The van der Waals surface area contributed by atoms with E-state index in [-0.39, 0.29) is 0 Å². The average molecular weight is 897 g/mol. The maximum atomic E-state index is 12.4. The zero-order chi connectivity index (χ0) is 41.9. The summed E-state index contributed by atoms with van der Waals surface area (Å²) in [6, 6.07) is 0. The first kappa shape index (κ1) is 57.4. The molecular formula is C16H34F6N2O17S8-4. The van der Waals surface area contributed by atoms with E-state index in [2.05, 4.69) is 31.8 Å². The van der Waals surface area contributed by atoms with E-state index in [1.54, 1.807) is 0 Å². The molecule has 0 aromatic carbocycles. The molecule has 1 fully saturated rings. The lowest BCUT2D eigenvalue weighted by atomic mass is 10.3. The summed E-state index contributed by atoms with van der Waals surface area (Å²) in [4.78, 5) is 0. The molecule has 0 bridgehead atoms. The molecule has 0 amide bonds. The molecule has 1 saturated heterocycles. The van der Waals surface area contributed by atoms with Gasteiger partial charge in [0.1, 0.15) is 0 Å². The largest absolute Gasteiger partial charge is 0.748 e. The quantitative estimate of drug-likeness (QED) is 0.208. The lowest BCUT2D eigenvalue weighted by Gasteiger charge is -2.42. The van der Waals surface area contributed by atoms with E-state index in [1.807, 2.05) is 0 Å². The summed E-state index contributed by atoms with van der Waals surface area (Å²) < 4.78 is 251. The van der Waals surface area contributed by atoms with Crippen LogP contribution in [-0.2, 0) is 79.7 Å². The minimum absolute atomic E-state index is 0.532. The molecule has 1 aliphatic heterocycles. The molecule has 0 aliphatic carbocycles. The Morgan fingerprint density at radius 3 is 0.796 bits per heavy atom. The monoisotopic (exact) mass is 896 g/mol. The number of hydrogen-bond donors (Lipinski definition) is 0. The van der Waals surface area contributed by atoms with E-state index in [9.17, 15) is 85.3 Å². The van der Waals surface area contributed by atoms with Crippen molar-refractivity contribution in [1.82, 2.24) is 0 Å². The number of alkyl halides is 6. The van der Waals surface area contributed by atoms with E-state index >= 15 is 0 Å². The standard InChI is InChI=1S/C4H9O6S3.C3F6NO4S2.2C3H8.C2H6NO4S2.CH4O3S/c1-11(5,6)4(12(2,7)8)13(3,9)10;4-1(5)2(6,7)15(11,12)10-16(13,14)3(1,8)9;2*1-3-2;1-8(4,5)3-9(2,6)7;1-5(2,3)4/h1-3H3;;2*3H2,1-2H3;1-2H3;1H3,(H,2,3,4)/q2*-1;;;-1;/p-1. The molecule has 304 valence electrons. The fourth-order valence-electron chi connectivity index (χ4n) is 1.79. The number of halogens is 6. The molecular weight excluding hydrogens is 863 g/mol. The summed E-state index contributed by atoms with van der Waals surface area (Å²) in [5, 5.41) is -12.6. The van der Waals surface area contributed by atoms with Gasteiger partial charge < -0.3 is 12.8 Å². The van der Waals surface area contributed by atoms with Gasteiger partial charge in [-0.2, -0.15) is 26.3 Å². The van der Waals surface area contributed by atoms with Crippen LogP contribution in [0.1, 0.15) is 40.5 Å². The van der Waals surface area contributed by atoms with Gasteiger partial charge in [-0.15, -0.1) is 0 Å². The topological polar surface area (TPSA) is 324 Å². The second kappa shape index (κ2) is 19.2. The minimum Gasteiger partial charge on any atom is -0.748 e. The lowest BCUT2D eigenvalue weighted by Crippen LogP contribution is -2.64. The van der Waals surface area contributed by atoms with Crippen LogP contribution < -0.4 is 0 Å². The van der Waals surface area contributed by atoms with Crippen molar-refractivity contribution in [3.63, 3.8) is 0 Å². The smallest absolute Gasteiger partial charge is 0.399 e. The first-order valence-electron chi connectivity index (χ1n) is 11.5. The molecule has 1 aliphatic rings. The third kappa shape index (κ3) is 22.6. The third-order valence-corrected chi connectivity index (χ3v) is 15.6. The Hall–Kier alpha value is -0.940. The second-order valence-electron chi connectivity index (χ2n) is 8.86. The molecule has 49 heavy (non-hydrogen) atoms. The Balaban J connectivity index is -0.000000175. The van der Waals surface area contributed by atoms with Crippen molar-refractivity contribution in [2.45, 2.75) is 57.0 Å². The summed E-state index contributed by atoms with van der Waals surface area (Å²) in [6.45, 7) is 8.50. The number of rotatable bonds is 5. The summed E-state index contributed by atoms with van der Waals surface area (Å²) in [7, 11) is -37.3. The Morgan fingerprint density at radius 2 is 0.714 bits per heavy atom. The first-order valence-corrected chi connectivity index (χ1v) is 25.6. The Labute approximate surface area is 283 Å². The van der Waals surface area contributed by atoms with Gasteiger partial charge in [0.2, 0.25) is 0 Å². The van der Waals surface area contributed by atoms with Gasteiger partial charge >= 0.3 is 16.4 Å². The van der Waals surface area contributed by atoms with Gasteiger partial charge in [0.15, 0.2) is 20.0 Å². The van der Waals surface area contributed by atoms with Crippen LogP contribution >= 0.6 is 0 Å². The molecule has 0 unspecified atom stereocenters. The van der Waals surface area contributed by atoms with Crippen LogP contribution in [-0.4, -0.2) is 126 Å². The molecule has 0 N–H and O–H groups in total. The second-order valence-corrected chi connectivity index (χ2v) is 23.9. The van der Waals surface area contributed by atoms with Crippen molar-refractivity contribution in [3.05, 3.63) is 12.2 Å². The predicted octanol–water partition coefficient (Wildman–Crippen LogP) is 0.695. The summed E-state index contributed by atoms with van der Waals surface area (Å²) in [5.74, 6) is -6.60. The van der Waals surface area contributed by atoms with Gasteiger partial charge in [-0.05, 0) is 0 Å². The fourth-order valence-corrected chi connectivity index (χ4v) is 13.1. The predicted molar refractivity (Wildman–Crippen MR) is 164 cm³/mol. The fraction of sp³-hybridized carbons (Fsp3) is 0.938. The molecule has 0 aromatic heterocycles. The third-order valence-electron chi connectivity index (χ3n) is 2.75. The van der Waals surface area contributed by atoms with Gasteiger partial charge in [0, 0.05) is 41.4 Å². The molecule has 0 radical (unpaired) electrons. The molecule has 19 nitrogen and oxygen atoms in total. The maximum absolute atomic E-state index is 12.4. The highest BCUT2D eigenvalue weighted by Gasteiger charge is 2.81. The van der Waals surface area contributed by atoms with Crippen LogP contribution in [0.4, 0.5) is 26.3 Å². The highest BCUT2D eigenvalue weighted by molar-refractivity contribution is 8.28. The van der Waals surface area contributed by atoms with Crippen molar-refractivity contribution >= 4 is 79.7 Å². The average Bonchev–Trinajstić information content (AvgIpc) is 2.66. The molecule has 33 heteroatoms. The molecule has 0 saturated carbocycles. The van der Waals surface area contributed by atoms with Crippen LogP contribution in [0, 0.1) is 3.91 Å². The van der Waals surface area contributed by atoms with Crippen LogP contribution in [0.5, 0.6) is 0 Å². The molecule has 0 spiro atoms. The summed E-state index contributed by atoms with van der Waals surface area (Å²) >= 11 is 0. The van der Waals surface area contributed by atoms with Gasteiger partial charge in [-0.25, -0.2) is 42.1 Å². The van der Waals surface area contributed by atoms with E-state index in [1.165, 1.54) is 12.8 Å². The van der Waals surface area contributed by atoms with Gasteiger partial charge in [-0.1, -0.05) is 40.5 Å². The molecule has 0 aromatic rings.